The zero-order valence-corrected chi connectivity index (χ0v) is 24.8. The van der Waals surface area contributed by atoms with Crippen molar-refractivity contribution < 1.29 is 4.74 Å². The van der Waals surface area contributed by atoms with Gasteiger partial charge < -0.3 is 4.74 Å². The highest BCUT2D eigenvalue weighted by molar-refractivity contribution is 9.10. The Morgan fingerprint density at radius 3 is 2.00 bits per heavy atom. The molecule has 5 aromatic carbocycles. The first-order chi connectivity index (χ1) is 19.3. The summed E-state index contributed by atoms with van der Waals surface area (Å²) in [5.74, 6) is 0.857. The molecule has 1 nitrogen and oxygen atoms in total. The highest BCUT2D eigenvalue weighted by Gasteiger charge is 2.46. The number of hydrogen-bond acceptors (Lipinski definition) is 1. The predicted octanol–water partition coefficient (Wildman–Crippen LogP) is 10.3. The van der Waals surface area contributed by atoms with E-state index in [2.05, 4.69) is 159 Å². The van der Waals surface area contributed by atoms with Gasteiger partial charge in [-0.2, -0.15) is 0 Å². The maximum atomic E-state index is 6.20. The van der Waals surface area contributed by atoms with E-state index in [1.807, 2.05) is 6.08 Å². The standard InChI is InChI=1S/C38H33BrO/c1-5-26-10-12-27(13-11-26)25-40-32-21-18-30(19-22-32)38(29-16-14-28(15-17-29)37(2,3)4)35-9-7-6-8-33(35)34-23-20-31(39)24-36(34)38/h5-24H,1,25H2,2-4H3/t38-/m1/s1. The molecule has 1 aliphatic rings. The van der Waals surface area contributed by atoms with Crippen LogP contribution < -0.4 is 4.74 Å². The molecular weight excluding hydrogens is 552 g/mol. The summed E-state index contributed by atoms with van der Waals surface area (Å²) in [6, 6.07) is 41.8. The van der Waals surface area contributed by atoms with Crippen molar-refractivity contribution in [3.05, 3.63) is 165 Å². The Morgan fingerprint density at radius 1 is 0.725 bits per heavy atom. The van der Waals surface area contributed by atoms with Crippen LogP contribution in [0.4, 0.5) is 0 Å². The Hall–Kier alpha value is -3.88. The maximum Gasteiger partial charge on any atom is 0.119 e. The van der Waals surface area contributed by atoms with Gasteiger partial charge in [0, 0.05) is 4.47 Å². The molecule has 6 rings (SSSR count). The highest BCUT2D eigenvalue weighted by Crippen LogP contribution is 2.56. The first kappa shape index (κ1) is 26.3. The molecule has 0 aliphatic heterocycles. The molecule has 2 heteroatoms. The van der Waals surface area contributed by atoms with Crippen LogP contribution in [-0.4, -0.2) is 0 Å². The van der Waals surface area contributed by atoms with Crippen LogP contribution in [-0.2, 0) is 17.4 Å². The molecule has 0 heterocycles. The molecule has 0 N–H and O–H groups in total. The first-order valence-electron chi connectivity index (χ1n) is 13.8. The van der Waals surface area contributed by atoms with E-state index in [1.54, 1.807) is 0 Å². The maximum absolute atomic E-state index is 6.20. The lowest BCUT2D eigenvalue weighted by Gasteiger charge is -2.34. The van der Waals surface area contributed by atoms with Gasteiger partial charge in [0.25, 0.3) is 0 Å². The van der Waals surface area contributed by atoms with Crippen molar-refractivity contribution >= 4 is 22.0 Å². The fourth-order valence-corrected chi connectivity index (χ4v) is 6.34. The summed E-state index contributed by atoms with van der Waals surface area (Å²) in [5.41, 5.74) is 10.9. The van der Waals surface area contributed by atoms with E-state index >= 15 is 0 Å². The van der Waals surface area contributed by atoms with E-state index in [4.69, 9.17) is 4.74 Å². The van der Waals surface area contributed by atoms with Gasteiger partial charge in [-0.1, -0.05) is 140 Å². The van der Waals surface area contributed by atoms with Gasteiger partial charge in [-0.15, -0.1) is 0 Å². The molecule has 0 saturated heterocycles. The van der Waals surface area contributed by atoms with Gasteiger partial charge in [-0.05, 0) is 79.8 Å². The Balaban J connectivity index is 1.46. The van der Waals surface area contributed by atoms with E-state index in [1.165, 1.54) is 38.9 Å². The summed E-state index contributed by atoms with van der Waals surface area (Å²) >= 11 is 3.78. The number of halogens is 1. The van der Waals surface area contributed by atoms with Gasteiger partial charge in [0.1, 0.15) is 12.4 Å². The molecule has 0 amide bonds. The number of benzene rings is 5. The molecule has 5 aromatic rings. The fraction of sp³-hybridized carbons (Fsp3) is 0.158. The second kappa shape index (κ2) is 10.3. The minimum atomic E-state index is -0.439. The fourth-order valence-electron chi connectivity index (χ4n) is 5.98. The molecule has 0 fully saturated rings. The van der Waals surface area contributed by atoms with Crippen molar-refractivity contribution in [1.29, 1.82) is 0 Å². The smallest absolute Gasteiger partial charge is 0.119 e. The molecule has 0 saturated carbocycles. The highest BCUT2D eigenvalue weighted by atomic mass is 79.9. The summed E-state index contributed by atoms with van der Waals surface area (Å²) in [5, 5.41) is 0. The monoisotopic (exact) mass is 584 g/mol. The Morgan fingerprint density at radius 2 is 1.35 bits per heavy atom. The Kier molecular flexibility index (Phi) is 6.76. The molecule has 0 bridgehead atoms. The molecule has 0 spiro atoms. The lowest BCUT2D eigenvalue weighted by atomic mass is 9.67. The zero-order chi connectivity index (χ0) is 27.9. The van der Waals surface area contributed by atoms with Gasteiger partial charge in [0.05, 0.1) is 5.41 Å². The largest absolute Gasteiger partial charge is 0.489 e. The topological polar surface area (TPSA) is 9.23 Å². The lowest BCUT2D eigenvalue weighted by Crippen LogP contribution is -2.28. The van der Waals surface area contributed by atoms with Gasteiger partial charge >= 0.3 is 0 Å². The second-order valence-corrected chi connectivity index (χ2v) is 12.5. The van der Waals surface area contributed by atoms with Gasteiger partial charge in [-0.25, -0.2) is 0 Å². The van der Waals surface area contributed by atoms with Crippen molar-refractivity contribution in [2.24, 2.45) is 0 Å². The summed E-state index contributed by atoms with van der Waals surface area (Å²) in [4.78, 5) is 0. The number of hydrogen-bond donors (Lipinski definition) is 0. The van der Waals surface area contributed by atoms with E-state index in [0.717, 1.165) is 21.3 Å². The molecule has 40 heavy (non-hydrogen) atoms. The Labute approximate surface area is 246 Å². The normalized spacial score (nSPS) is 15.8. The van der Waals surface area contributed by atoms with E-state index in [-0.39, 0.29) is 5.41 Å². The summed E-state index contributed by atoms with van der Waals surface area (Å²) in [6.45, 7) is 11.2. The molecule has 0 aromatic heterocycles. The molecular formula is C38H33BrO. The second-order valence-electron chi connectivity index (χ2n) is 11.6. The SMILES string of the molecule is C=Cc1ccc(COc2ccc([C@]3(c4ccc(C(C)(C)C)cc4)c4ccccc4-c4ccc(Br)cc43)cc2)cc1. The van der Waals surface area contributed by atoms with Gasteiger partial charge in [0.2, 0.25) is 0 Å². The molecule has 1 atom stereocenters. The summed E-state index contributed by atoms with van der Waals surface area (Å²) in [7, 11) is 0. The molecule has 0 radical (unpaired) electrons. The van der Waals surface area contributed by atoms with Crippen LogP contribution in [0.15, 0.2) is 126 Å². The average Bonchev–Trinajstić information content (AvgIpc) is 3.26. The van der Waals surface area contributed by atoms with Crippen LogP contribution in [0.2, 0.25) is 0 Å². The quantitative estimate of drug-likeness (QED) is 0.189. The van der Waals surface area contributed by atoms with Crippen molar-refractivity contribution in [3.63, 3.8) is 0 Å². The number of rotatable bonds is 6. The van der Waals surface area contributed by atoms with Crippen molar-refractivity contribution in [3.8, 4) is 16.9 Å². The summed E-state index contributed by atoms with van der Waals surface area (Å²) < 4.78 is 7.28. The predicted molar refractivity (Wildman–Crippen MR) is 171 cm³/mol. The third-order valence-electron chi connectivity index (χ3n) is 8.10. The van der Waals surface area contributed by atoms with Crippen molar-refractivity contribution in [1.82, 2.24) is 0 Å². The molecule has 1 aliphatic carbocycles. The molecule has 0 unspecified atom stereocenters. The van der Waals surface area contributed by atoms with Crippen LogP contribution in [0.3, 0.4) is 0 Å². The summed E-state index contributed by atoms with van der Waals surface area (Å²) in [6.07, 6.45) is 1.85. The zero-order valence-electron chi connectivity index (χ0n) is 23.2. The third kappa shape index (κ3) is 4.51. The Bertz CT molecular complexity index is 1670. The van der Waals surface area contributed by atoms with Crippen LogP contribution in [0.1, 0.15) is 59.7 Å². The van der Waals surface area contributed by atoms with Crippen LogP contribution >= 0.6 is 15.9 Å². The third-order valence-corrected chi connectivity index (χ3v) is 8.59. The van der Waals surface area contributed by atoms with E-state index < -0.39 is 5.41 Å². The van der Waals surface area contributed by atoms with E-state index in [0.29, 0.717) is 6.61 Å². The first-order valence-corrected chi connectivity index (χ1v) is 14.6. The minimum absolute atomic E-state index is 0.0885. The van der Waals surface area contributed by atoms with Crippen molar-refractivity contribution in [2.45, 2.75) is 38.2 Å². The van der Waals surface area contributed by atoms with E-state index in [9.17, 15) is 0 Å². The molecule has 198 valence electrons. The number of fused-ring (bicyclic) bond motifs is 3. The average molecular weight is 586 g/mol. The lowest BCUT2D eigenvalue weighted by molar-refractivity contribution is 0.306. The minimum Gasteiger partial charge on any atom is -0.489 e. The van der Waals surface area contributed by atoms with Gasteiger partial charge in [0.15, 0.2) is 0 Å². The van der Waals surface area contributed by atoms with Crippen LogP contribution in [0.5, 0.6) is 5.75 Å². The number of ether oxygens (including phenoxy) is 1. The van der Waals surface area contributed by atoms with Crippen LogP contribution in [0, 0.1) is 0 Å². The van der Waals surface area contributed by atoms with Crippen molar-refractivity contribution in [2.75, 3.05) is 0 Å². The van der Waals surface area contributed by atoms with Crippen LogP contribution in [0.25, 0.3) is 17.2 Å². The van der Waals surface area contributed by atoms with Gasteiger partial charge in [-0.3, -0.25) is 0 Å².